The van der Waals surface area contributed by atoms with Gasteiger partial charge in [0.2, 0.25) is 0 Å². The van der Waals surface area contributed by atoms with Crippen LogP contribution < -0.4 is 4.74 Å². The van der Waals surface area contributed by atoms with E-state index in [1.54, 1.807) is 0 Å². The molecule has 0 heterocycles. The molecule has 0 saturated heterocycles. The minimum absolute atomic E-state index is 0.116. The number of hydrogen-bond acceptors (Lipinski definition) is 1. The van der Waals surface area contributed by atoms with E-state index in [1.807, 2.05) is 0 Å². The van der Waals surface area contributed by atoms with E-state index < -0.39 is 11.6 Å². The van der Waals surface area contributed by atoms with Crippen molar-refractivity contribution in [1.82, 2.24) is 0 Å². The lowest BCUT2D eigenvalue weighted by Crippen LogP contribution is -2.01. The van der Waals surface area contributed by atoms with Crippen LogP contribution in [0.25, 0.3) is 0 Å². The van der Waals surface area contributed by atoms with Gasteiger partial charge < -0.3 is 4.74 Å². The van der Waals surface area contributed by atoms with Crippen LogP contribution in [0.1, 0.15) is 12.8 Å². The highest BCUT2D eigenvalue weighted by molar-refractivity contribution is 9.10. The summed E-state index contributed by atoms with van der Waals surface area (Å²) in [5.41, 5.74) is 0. The molecule has 76 valence electrons. The molecule has 0 amide bonds. The van der Waals surface area contributed by atoms with E-state index >= 15 is 0 Å². The Bertz CT molecular complexity index is 350. The Morgan fingerprint density at radius 3 is 2.71 bits per heavy atom. The highest BCUT2D eigenvalue weighted by Crippen LogP contribution is 2.32. The Morgan fingerprint density at radius 1 is 1.36 bits per heavy atom. The zero-order valence-corrected chi connectivity index (χ0v) is 8.98. The molecular weight excluding hydrogens is 254 g/mol. The average Bonchev–Trinajstić information content (AvgIpc) is 2.97. The van der Waals surface area contributed by atoms with Crippen LogP contribution >= 0.6 is 15.9 Å². The zero-order chi connectivity index (χ0) is 10.1. The van der Waals surface area contributed by atoms with Crippen LogP contribution in [0.15, 0.2) is 16.6 Å². The summed E-state index contributed by atoms with van der Waals surface area (Å²) in [7, 11) is 0. The summed E-state index contributed by atoms with van der Waals surface area (Å²) in [5.74, 6) is -0.602. The quantitative estimate of drug-likeness (QED) is 0.758. The van der Waals surface area contributed by atoms with Crippen molar-refractivity contribution in [3.63, 3.8) is 0 Å². The second-order valence-corrected chi connectivity index (χ2v) is 4.22. The maximum atomic E-state index is 13.3. The number of hydrogen-bond donors (Lipinski definition) is 0. The topological polar surface area (TPSA) is 9.23 Å². The van der Waals surface area contributed by atoms with Gasteiger partial charge in [0.15, 0.2) is 11.6 Å². The van der Waals surface area contributed by atoms with Crippen molar-refractivity contribution in [2.45, 2.75) is 12.8 Å². The Balaban J connectivity index is 2.11. The molecule has 4 heteroatoms. The maximum Gasteiger partial charge on any atom is 0.182 e. The predicted molar refractivity (Wildman–Crippen MR) is 52.3 cm³/mol. The molecule has 1 nitrogen and oxygen atoms in total. The number of rotatable bonds is 3. The second kappa shape index (κ2) is 3.85. The summed E-state index contributed by atoms with van der Waals surface area (Å²) in [6.07, 6.45) is 2.29. The highest BCUT2D eigenvalue weighted by Gasteiger charge is 2.23. The van der Waals surface area contributed by atoms with Gasteiger partial charge in [0.1, 0.15) is 5.82 Å². The molecular formula is C10H9BrF2O. The van der Waals surface area contributed by atoms with Gasteiger partial charge in [0.05, 0.1) is 11.1 Å². The molecule has 0 spiro atoms. The summed E-state index contributed by atoms with van der Waals surface area (Å²) in [6.45, 7) is 0.523. The lowest BCUT2D eigenvalue weighted by Gasteiger charge is -2.07. The van der Waals surface area contributed by atoms with Gasteiger partial charge in [-0.25, -0.2) is 8.78 Å². The van der Waals surface area contributed by atoms with Crippen molar-refractivity contribution in [3.05, 3.63) is 28.2 Å². The monoisotopic (exact) mass is 262 g/mol. The SMILES string of the molecule is Fc1ccc(OCC2CC2)c(F)c1Br. The summed E-state index contributed by atoms with van der Waals surface area (Å²) < 4.78 is 31.2. The minimum Gasteiger partial charge on any atom is -0.490 e. The van der Waals surface area contributed by atoms with Crippen molar-refractivity contribution in [2.75, 3.05) is 6.61 Å². The third-order valence-electron chi connectivity index (χ3n) is 2.17. The zero-order valence-electron chi connectivity index (χ0n) is 7.40. The molecule has 0 aromatic heterocycles. The van der Waals surface area contributed by atoms with Gasteiger partial charge in [-0.15, -0.1) is 0 Å². The van der Waals surface area contributed by atoms with Crippen LogP contribution in [-0.4, -0.2) is 6.61 Å². The van der Waals surface area contributed by atoms with E-state index in [2.05, 4.69) is 15.9 Å². The van der Waals surface area contributed by atoms with E-state index in [0.29, 0.717) is 12.5 Å². The lowest BCUT2D eigenvalue weighted by atomic mass is 10.3. The van der Waals surface area contributed by atoms with E-state index in [-0.39, 0.29) is 10.2 Å². The third kappa shape index (κ3) is 2.05. The summed E-state index contributed by atoms with van der Waals surface area (Å²) >= 11 is 2.82. The fourth-order valence-corrected chi connectivity index (χ4v) is 1.44. The molecule has 1 aliphatic rings. The van der Waals surface area contributed by atoms with Gasteiger partial charge in [-0.1, -0.05) is 0 Å². The summed E-state index contributed by atoms with van der Waals surface area (Å²) in [4.78, 5) is 0. The van der Waals surface area contributed by atoms with E-state index in [4.69, 9.17) is 4.74 Å². The van der Waals surface area contributed by atoms with Crippen LogP contribution in [0.3, 0.4) is 0 Å². The first-order chi connectivity index (χ1) is 6.68. The van der Waals surface area contributed by atoms with E-state index in [9.17, 15) is 8.78 Å². The highest BCUT2D eigenvalue weighted by atomic mass is 79.9. The molecule has 0 aliphatic heterocycles. The van der Waals surface area contributed by atoms with Gasteiger partial charge in [0.25, 0.3) is 0 Å². The van der Waals surface area contributed by atoms with Gasteiger partial charge in [-0.05, 0) is 46.8 Å². The first kappa shape index (κ1) is 9.90. The average molecular weight is 263 g/mol. The van der Waals surface area contributed by atoms with E-state index in [1.165, 1.54) is 12.1 Å². The van der Waals surface area contributed by atoms with Gasteiger partial charge in [0, 0.05) is 0 Å². The predicted octanol–water partition coefficient (Wildman–Crippen LogP) is 3.52. The first-order valence-corrected chi connectivity index (χ1v) is 5.24. The first-order valence-electron chi connectivity index (χ1n) is 4.45. The molecule has 14 heavy (non-hydrogen) atoms. The van der Waals surface area contributed by atoms with Gasteiger partial charge in [-0.3, -0.25) is 0 Å². The van der Waals surface area contributed by atoms with Crippen LogP contribution in [0.5, 0.6) is 5.75 Å². The van der Waals surface area contributed by atoms with Crippen molar-refractivity contribution in [2.24, 2.45) is 5.92 Å². The van der Waals surface area contributed by atoms with Gasteiger partial charge in [-0.2, -0.15) is 0 Å². The molecule has 1 aromatic rings. The Hall–Kier alpha value is -0.640. The fourth-order valence-electron chi connectivity index (χ4n) is 1.11. The summed E-state index contributed by atoms with van der Waals surface area (Å²) in [6, 6.07) is 2.51. The van der Waals surface area contributed by atoms with Gasteiger partial charge >= 0.3 is 0 Å². The van der Waals surface area contributed by atoms with Crippen molar-refractivity contribution >= 4 is 15.9 Å². The fraction of sp³-hybridized carbons (Fsp3) is 0.400. The standard InChI is InChI=1S/C10H9BrF2O/c11-9-7(12)3-4-8(10(9)13)14-5-6-1-2-6/h3-4,6H,1-2,5H2. The van der Waals surface area contributed by atoms with Crippen LogP contribution in [0, 0.1) is 17.6 Å². The molecule has 1 aromatic carbocycles. The number of ether oxygens (including phenoxy) is 1. The Kier molecular flexibility index (Phi) is 2.72. The largest absolute Gasteiger partial charge is 0.490 e. The molecule has 1 aliphatic carbocycles. The Morgan fingerprint density at radius 2 is 2.07 bits per heavy atom. The van der Waals surface area contributed by atoms with Crippen molar-refractivity contribution in [1.29, 1.82) is 0 Å². The minimum atomic E-state index is -0.661. The molecule has 1 fully saturated rings. The molecule has 0 bridgehead atoms. The van der Waals surface area contributed by atoms with Crippen molar-refractivity contribution < 1.29 is 13.5 Å². The molecule has 1 saturated carbocycles. The molecule has 0 unspecified atom stereocenters. The lowest BCUT2D eigenvalue weighted by molar-refractivity contribution is 0.283. The molecule has 2 rings (SSSR count). The Labute approximate surface area is 89.2 Å². The normalized spacial score (nSPS) is 15.6. The van der Waals surface area contributed by atoms with E-state index in [0.717, 1.165) is 12.8 Å². The second-order valence-electron chi connectivity index (χ2n) is 3.43. The molecule has 0 radical (unpaired) electrons. The molecule has 0 N–H and O–H groups in total. The van der Waals surface area contributed by atoms with Crippen LogP contribution in [-0.2, 0) is 0 Å². The third-order valence-corrected chi connectivity index (χ3v) is 2.90. The molecule has 0 atom stereocenters. The summed E-state index contributed by atoms with van der Waals surface area (Å²) in [5, 5.41) is 0. The maximum absolute atomic E-state index is 13.3. The smallest absolute Gasteiger partial charge is 0.182 e. The van der Waals surface area contributed by atoms with Crippen LogP contribution in [0.2, 0.25) is 0 Å². The number of halogens is 3. The van der Waals surface area contributed by atoms with Crippen LogP contribution in [0.4, 0.5) is 8.78 Å². The van der Waals surface area contributed by atoms with Crippen molar-refractivity contribution in [3.8, 4) is 5.75 Å². The number of benzene rings is 1.